The van der Waals surface area contributed by atoms with Gasteiger partial charge in [0.15, 0.2) is 0 Å². The van der Waals surface area contributed by atoms with Gasteiger partial charge in [-0.05, 0) is 31.8 Å². The Hall–Kier alpha value is -2.20. The maximum Gasteiger partial charge on any atom is 0.251 e. The van der Waals surface area contributed by atoms with Crippen molar-refractivity contribution < 1.29 is 4.79 Å². The molecule has 1 heterocycles. The largest absolute Gasteiger partial charge is 0.350 e. The number of pyridine rings is 1. The van der Waals surface area contributed by atoms with Crippen LogP contribution < -0.4 is 5.32 Å². The zero-order valence-corrected chi connectivity index (χ0v) is 11.8. The van der Waals surface area contributed by atoms with E-state index in [1.165, 1.54) is 5.56 Å². The Labute approximate surface area is 119 Å². The summed E-state index contributed by atoms with van der Waals surface area (Å²) in [5, 5.41) is 2.97. The lowest BCUT2D eigenvalue weighted by molar-refractivity contribution is 0.0942. The fourth-order valence-electron chi connectivity index (χ4n) is 2.07. The molecule has 2 aromatic rings. The van der Waals surface area contributed by atoms with E-state index in [1.54, 1.807) is 24.5 Å². The van der Waals surface area contributed by atoms with E-state index in [4.69, 9.17) is 0 Å². The van der Waals surface area contributed by atoms with Gasteiger partial charge in [0, 0.05) is 24.5 Å². The predicted octanol–water partition coefficient (Wildman–Crippen LogP) is 2.11. The minimum absolute atomic E-state index is 0.0739. The SMILES string of the molecule is CN(C)C(CNC(=O)c1ccncc1)c1ccccc1. The van der Waals surface area contributed by atoms with Crippen LogP contribution in [0.1, 0.15) is 22.0 Å². The van der Waals surface area contributed by atoms with Gasteiger partial charge in [0.05, 0.1) is 6.04 Å². The van der Waals surface area contributed by atoms with Crippen LogP contribution in [0.2, 0.25) is 0 Å². The van der Waals surface area contributed by atoms with Crippen molar-refractivity contribution in [2.75, 3.05) is 20.6 Å². The molecule has 0 aliphatic carbocycles. The molecule has 1 unspecified atom stereocenters. The number of hydrogen-bond acceptors (Lipinski definition) is 3. The summed E-state index contributed by atoms with van der Waals surface area (Å²) < 4.78 is 0. The molecule has 1 aromatic carbocycles. The Morgan fingerprint density at radius 3 is 2.40 bits per heavy atom. The van der Waals surface area contributed by atoms with Crippen LogP contribution in [0.4, 0.5) is 0 Å². The number of amides is 1. The number of rotatable bonds is 5. The minimum Gasteiger partial charge on any atom is -0.350 e. The van der Waals surface area contributed by atoms with E-state index < -0.39 is 0 Å². The fourth-order valence-corrected chi connectivity index (χ4v) is 2.07. The van der Waals surface area contributed by atoms with E-state index in [9.17, 15) is 4.79 Å². The highest BCUT2D eigenvalue weighted by atomic mass is 16.1. The van der Waals surface area contributed by atoms with Gasteiger partial charge < -0.3 is 10.2 Å². The first-order valence-corrected chi connectivity index (χ1v) is 6.58. The van der Waals surface area contributed by atoms with Crippen molar-refractivity contribution in [3.05, 3.63) is 66.0 Å². The fraction of sp³-hybridized carbons (Fsp3) is 0.250. The van der Waals surface area contributed by atoms with Crippen LogP contribution in [0.25, 0.3) is 0 Å². The molecule has 0 saturated carbocycles. The van der Waals surface area contributed by atoms with Crippen LogP contribution in [0.15, 0.2) is 54.9 Å². The zero-order valence-electron chi connectivity index (χ0n) is 11.8. The molecule has 20 heavy (non-hydrogen) atoms. The van der Waals surface area contributed by atoms with E-state index in [-0.39, 0.29) is 11.9 Å². The van der Waals surface area contributed by atoms with Gasteiger partial charge in [-0.2, -0.15) is 0 Å². The summed E-state index contributed by atoms with van der Waals surface area (Å²) in [7, 11) is 4.02. The summed E-state index contributed by atoms with van der Waals surface area (Å²) in [6.07, 6.45) is 3.24. The van der Waals surface area contributed by atoms with Crippen LogP contribution in [0.3, 0.4) is 0 Å². The second-order valence-electron chi connectivity index (χ2n) is 4.84. The monoisotopic (exact) mass is 269 g/mol. The van der Waals surface area contributed by atoms with Gasteiger partial charge in [0.25, 0.3) is 5.91 Å². The Balaban J connectivity index is 2.02. The average Bonchev–Trinajstić information content (AvgIpc) is 2.49. The Morgan fingerprint density at radius 2 is 1.80 bits per heavy atom. The first-order valence-electron chi connectivity index (χ1n) is 6.58. The smallest absolute Gasteiger partial charge is 0.251 e. The van der Waals surface area contributed by atoms with Crippen LogP contribution in [-0.4, -0.2) is 36.4 Å². The molecule has 1 aromatic heterocycles. The number of carbonyl (C=O) groups is 1. The summed E-state index contributed by atoms with van der Waals surface area (Å²) in [6.45, 7) is 0.568. The predicted molar refractivity (Wildman–Crippen MR) is 79.4 cm³/mol. The number of hydrogen-bond donors (Lipinski definition) is 1. The highest BCUT2D eigenvalue weighted by Crippen LogP contribution is 2.16. The average molecular weight is 269 g/mol. The Morgan fingerprint density at radius 1 is 1.15 bits per heavy atom. The molecular formula is C16H19N3O. The number of nitrogens with one attached hydrogen (secondary N) is 1. The van der Waals surface area contributed by atoms with Gasteiger partial charge in [0.1, 0.15) is 0 Å². The number of benzene rings is 1. The van der Waals surface area contributed by atoms with E-state index in [0.29, 0.717) is 12.1 Å². The third-order valence-electron chi connectivity index (χ3n) is 3.21. The summed E-state index contributed by atoms with van der Waals surface area (Å²) in [6, 6.07) is 13.7. The summed E-state index contributed by atoms with van der Waals surface area (Å²) in [5.74, 6) is -0.0739. The Kier molecular flexibility index (Phi) is 4.85. The maximum atomic E-state index is 12.0. The number of carbonyl (C=O) groups excluding carboxylic acids is 1. The molecule has 0 radical (unpaired) electrons. The van der Waals surface area contributed by atoms with Gasteiger partial charge in [-0.25, -0.2) is 0 Å². The lowest BCUT2D eigenvalue weighted by atomic mass is 10.1. The third kappa shape index (κ3) is 3.65. The van der Waals surface area contributed by atoms with E-state index in [2.05, 4.69) is 27.3 Å². The van der Waals surface area contributed by atoms with Crippen LogP contribution in [-0.2, 0) is 0 Å². The summed E-state index contributed by atoms with van der Waals surface area (Å²) >= 11 is 0. The first kappa shape index (κ1) is 14.2. The molecule has 4 nitrogen and oxygen atoms in total. The van der Waals surface area contributed by atoms with Gasteiger partial charge in [-0.1, -0.05) is 30.3 Å². The molecule has 0 spiro atoms. The second kappa shape index (κ2) is 6.82. The topological polar surface area (TPSA) is 45.2 Å². The number of aromatic nitrogens is 1. The van der Waals surface area contributed by atoms with Crippen LogP contribution >= 0.6 is 0 Å². The van der Waals surface area contributed by atoms with Gasteiger partial charge in [-0.15, -0.1) is 0 Å². The van der Waals surface area contributed by atoms with E-state index in [0.717, 1.165) is 0 Å². The van der Waals surface area contributed by atoms with Crippen LogP contribution in [0.5, 0.6) is 0 Å². The normalized spacial score (nSPS) is 12.2. The molecule has 0 aliphatic heterocycles. The zero-order chi connectivity index (χ0) is 14.4. The first-order chi connectivity index (χ1) is 9.68. The van der Waals surface area contributed by atoms with Crippen molar-refractivity contribution in [3.8, 4) is 0 Å². The van der Waals surface area contributed by atoms with E-state index in [1.807, 2.05) is 32.3 Å². The molecule has 1 amide bonds. The second-order valence-corrected chi connectivity index (χ2v) is 4.84. The van der Waals surface area contributed by atoms with Crippen LogP contribution in [0, 0.1) is 0 Å². The van der Waals surface area contributed by atoms with Crippen molar-refractivity contribution >= 4 is 5.91 Å². The van der Waals surface area contributed by atoms with Gasteiger partial charge >= 0.3 is 0 Å². The molecule has 2 rings (SSSR count). The van der Waals surface area contributed by atoms with E-state index >= 15 is 0 Å². The standard InChI is InChI=1S/C16H19N3O/c1-19(2)15(13-6-4-3-5-7-13)12-18-16(20)14-8-10-17-11-9-14/h3-11,15H,12H2,1-2H3,(H,18,20). The molecule has 0 saturated heterocycles. The lowest BCUT2D eigenvalue weighted by Gasteiger charge is -2.25. The molecule has 104 valence electrons. The van der Waals surface area contributed by atoms with Crippen molar-refractivity contribution in [2.45, 2.75) is 6.04 Å². The highest BCUT2D eigenvalue weighted by Gasteiger charge is 2.15. The molecule has 1 N–H and O–H groups in total. The summed E-state index contributed by atoms with van der Waals surface area (Å²) in [4.78, 5) is 18.1. The maximum absolute atomic E-state index is 12.0. The van der Waals surface area contributed by atoms with Gasteiger partial charge in [-0.3, -0.25) is 9.78 Å². The molecular weight excluding hydrogens is 250 g/mol. The molecule has 4 heteroatoms. The molecule has 0 fully saturated rings. The summed E-state index contributed by atoms with van der Waals surface area (Å²) in [5.41, 5.74) is 1.82. The number of likely N-dealkylation sites (N-methyl/N-ethyl adjacent to an activating group) is 1. The highest BCUT2D eigenvalue weighted by molar-refractivity contribution is 5.93. The molecule has 0 bridgehead atoms. The minimum atomic E-state index is -0.0739. The van der Waals surface area contributed by atoms with Crippen molar-refractivity contribution in [2.24, 2.45) is 0 Å². The van der Waals surface area contributed by atoms with Gasteiger partial charge in [0.2, 0.25) is 0 Å². The Bertz CT molecular complexity index is 540. The lowest BCUT2D eigenvalue weighted by Crippen LogP contribution is -2.34. The van der Waals surface area contributed by atoms with Crippen molar-refractivity contribution in [1.29, 1.82) is 0 Å². The number of nitrogens with zero attached hydrogens (tertiary/aromatic N) is 2. The quantitative estimate of drug-likeness (QED) is 0.904. The van der Waals surface area contributed by atoms with Crippen molar-refractivity contribution in [3.63, 3.8) is 0 Å². The molecule has 0 aliphatic rings. The van der Waals surface area contributed by atoms with Crippen molar-refractivity contribution in [1.82, 2.24) is 15.2 Å². The third-order valence-corrected chi connectivity index (χ3v) is 3.21. The molecule has 1 atom stereocenters.